The average Bonchev–Trinajstić information content (AvgIpc) is 2.39. The van der Waals surface area contributed by atoms with Crippen LogP contribution in [0.15, 0.2) is 18.2 Å². The largest absolute Gasteiger partial charge is 0.382 e. The summed E-state index contributed by atoms with van der Waals surface area (Å²) in [5, 5.41) is 6.22. The number of amides is 1. The van der Waals surface area contributed by atoms with Crippen molar-refractivity contribution in [2.24, 2.45) is 0 Å². The molecule has 110 valence electrons. The Balaban J connectivity index is 2.08. The smallest absolute Gasteiger partial charge is 0.251 e. The maximum Gasteiger partial charge on any atom is 0.251 e. The molecule has 1 amide bonds. The fraction of sp³-hybridized carbons (Fsp3) is 0.562. The zero-order valence-electron chi connectivity index (χ0n) is 12.7. The van der Waals surface area contributed by atoms with Gasteiger partial charge in [0.05, 0.1) is 5.60 Å². The molecule has 1 aromatic rings. The number of hydrogen-bond donors (Lipinski definition) is 2. The van der Waals surface area contributed by atoms with E-state index in [1.165, 1.54) is 0 Å². The van der Waals surface area contributed by atoms with Crippen LogP contribution >= 0.6 is 0 Å². The number of hydrogen-bond acceptors (Lipinski definition) is 3. The van der Waals surface area contributed by atoms with Gasteiger partial charge in [-0.1, -0.05) is 0 Å². The minimum absolute atomic E-state index is 0.0492. The number of rotatable bonds is 3. The fourth-order valence-electron chi connectivity index (χ4n) is 2.69. The molecule has 20 heavy (non-hydrogen) atoms. The van der Waals surface area contributed by atoms with Crippen molar-refractivity contribution in [2.45, 2.75) is 45.3 Å². The van der Waals surface area contributed by atoms with E-state index < -0.39 is 0 Å². The number of nitrogens with one attached hydrogen (secondary N) is 2. The van der Waals surface area contributed by atoms with Crippen LogP contribution in [0.1, 0.15) is 42.6 Å². The average molecular weight is 276 g/mol. The van der Waals surface area contributed by atoms with Gasteiger partial charge in [0.1, 0.15) is 0 Å². The van der Waals surface area contributed by atoms with Gasteiger partial charge in [0, 0.05) is 30.9 Å². The second-order valence-electron chi connectivity index (χ2n) is 6.05. The van der Waals surface area contributed by atoms with E-state index in [-0.39, 0.29) is 11.5 Å². The summed E-state index contributed by atoms with van der Waals surface area (Å²) in [5.74, 6) is -0.0492. The lowest BCUT2D eigenvalue weighted by Crippen LogP contribution is -2.40. The van der Waals surface area contributed by atoms with E-state index in [0.717, 1.165) is 30.7 Å². The highest BCUT2D eigenvalue weighted by molar-refractivity contribution is 5.94. The molecule has 4 nitrogen and oxygen atoms in total. The lowest BCUT2D eigenvalue weighted by Gasteiger charge is -2.36. The molecule has 1 aliphatic rings. The third-order valence-corrected chi connectivity index (χ3v) is 3.77. The monoisotopic (exact) mass is 276 g/mol. The molecule has 1 unspecified atom stereocenters. The first kappa shape index (κ1) is 14.9. The van der Waals surface area contributed by atoms with Crippen molar-refractivity contribution >= 4 is 11.6 Å². The SMILES string of the molecule is CNC(=O)c1ccc(NC2CCOC(C)(C)C2)c(C)c1. The highest BCUT2D eigenvalue weighted by Gasteiger charge is 2.28. The maximum atomic E-state index is 11.6. The lowest BCUT2D eigenvalue weighted by atomic mass is 9.93. The van der Waals surface area contributed by atoms with Crippen LogP contribution in [0.3, 0.4) is 0 Å². The molecule has 0 aromatic heterocycles. The Morgan fingerprint density at radius 1 is 1.40 bits per heavy atom. The maximum absolute atomic E-state index is 11.6. The van der Waals surface area contributed by atoms with Crippen molar-refractivity contribution in [2.75, 3.05) is 19.0 Å². The van der Waals surface area contributed by atoms with Gasteiger partial charge in [-0.2, -0.15) is 0 Å². The van der Waals surface area contributed by atoms with Gasteiger partial charge in [0.2, 0.25) is 0 Å². The van der Waals surface area contributed by atoms with Crippen LogP contribution in [0.2, 0.25) is 0 Å². The number of aryl methyl sites for hydroxylation is 1. The molecule has 0 spiro atoms. The molecule has 2 N–H and O–H groups in total. The molecule has 2 rings (SSSR count). The van der Waals surface area contributed by atoms with E-state index in [2.05, 4.69) is 24.5 Å². The molecule has 0 radical (unpaired) electrons. The Kier molecular flexibility index (Phi) is 4.33. The van der Waals surface area contributed by atoms with Crippen LogP contribution in [-0.2, 0) is 4.74 Å². The van der Waals surface area contributed by atoms with Crippen LogP contribution in [0.4, 0.5) is 5.69 Å². The van der Waals surface area contributed by atoms with Crippen LogP contribution in [0, 0.1) is 6.92 Å². The van der Waals surface area contributed by atoms with E-state index in [1.54, 1.807) is 7.05 Å². The summed E-state index contributed by atoms with van der Waals surface area (Å²) >= 11 is 0. The topological polar surface area (TPSA) is 50.4 Å². The van der Waals surface area contributed by atoms with Gasteiger partial charge in [0.25, 0.3) is 5.91 Å². The summed E-state index contributed by atoms with van der Waals surface area (Å²) in [5.41, 5.74) is 2.82. The van der Waals surface area contributed by atoms with Gasteiger partial charge in [-0.25, -0.2) is 0 Å². The first-order valence-electron chi connectivity index (χ1n) is 7.14. The van der Waals surface area contributed by atoms with Crippen molar-refractivity contribution < 1.29 is 9.53 Å². The molecule has 1 saturated heterocycles. The molecule has 1 fully saturated rings. The second-order valence-corrected chi connectivity index (χ2v) is 6.05. The molecule has 1 heterocycles. The van der Waals surface area contributed by atoms with Crippen LogP contribution < -0.4 is 10.6 Å². The number of benzene rings is 1. The van der Waals surface area contributed by atoms with Crippen LogP contribution in [0.25, 0.3) is 0 Å². The van der Waals surface area contributed by atoms with E-state index in [9.17, 15) is 4.79 Å². The van der Waals surface area contributed by atoms with Gasteiger partial charge < -0.3 is 15.4 Å². The summed E-state index contributed by atoms with van der Waals surface area (Å²) in [6.45, 7) is 7.07. The third-order valence-electron chi connectivity index (χ3n) is 3.77. The molecule has 1 aliphatic heterocycles. The van der Waals surface area contributed by atoms with Crippen molar-refractivity contribution in [3.8, 4) is 0 Å². The van der Waals surface area contributed by atoms with Crippen molar-refractivity contribution in [3.63, 3.8) is 0 Å². The van der Waals surface area contributed by atoms with Crippen molar-refractivity contribution in [3.05, 3.63) is 29.3 Å². The zero-order valence-corrected chi connectivity index (χ0v) is 12.7. The number of carbonyl (C=O) groups is 1. The predicted octanol–water partition coefficient (Wildman–Crippen LogP) is 2.72. The van der Waals surface area contributed by atoms with Crippen LogP contribution in [-0.4, -0.2) is 31.2 Å². The van der Waals surface area contributed by atoms with Gasteiger partial charge in [0.15, 0.2) is 0 Å². The highest BCUT2D eigenvalue weighted by atomic mass is 16.5. The van der Waals surface area contributed by atoms with Crippen molar-refractivity contribution in [1.29, 1.82) is 0 Å². The van der Waals surface area contributed by atoms with E-state index in [0.29, 0.717) is 11.6 Å². The Morgan fingerprint density at radius 3 is 2.75 bits per heavy atom. The summed E-state index contributed by atoms with van der Waals surface area (Å²) in [6.07, 6.45) is 2.00. The molecule has 1 aromatic carbocycles. The van der Waals surface area contributed by atoms with Crippen molar-refractivity contribution in [1.82, 2.24) is 5.32 Å². The molecule has 0 saturated carbocycles. The lowest BCUT2D eigenvalue weighted by molar-refractivity contribution is -0.0553. The fourth-order valence-corrected chi connectivity index (χ4v) is 2.69. The molecule has 1 atom stereocenters. The minimum atomic E-state index is -0.0636. The first-order valence-corrected chi connectivity index (χ1v) is 7.14. The summed E-state index contributed by atoms with van der Waals surface area (Å²) in [6, 6.07) is 6.19. The Hall–Kier alpha value is -1.55. The molecule has 0 bridgehead atoms. The van der Waals surface area contributed by atoms with Gasteiger partial charge in [-0.15, -0.1) is 0 Å². The standard InChI is InChI=1S/C16H24N2O2/c1-11-9-12(15(19)17-4)5-6-14(11)18-13-7-8-20-16(2,3)10-13/h5-6,9,13,18H,7-8,10H2,1-4H3,(H,17,19). The first-order chi connectivity index (χ1) is 9.41. The van der Waals surface area contributed by atoms with Crippen LogP contribution in [0.5, 0.6) is 0 Å². The second kappa shape index (κ2) is 5.83. The third kappa shape index (κ3) is 3.51. The number of anilines is 1. The molecular formula is C16H24N2O2. The summed E-state index contributed by atoms with van der Waals surface area (Å²) < 4.78 is 5.74. The predicted molar refractivity (Wildman–Crippen MR) is 81.2 cm³/mol. The minimum Gasteiger partial charge on any atom is -0.382 e. The highest BCUT2D eigenvalue weighted by Crippen LogP contribution is 2.27. The Bertz CT molecular complexity index is 497. The van der Waals surface area contributed by atoms with Gasteiger partial charge in [-0.3, -0.25) is 4.79 Å². The van der Waals surface area contributed by atoms with Gasteiger partial charge in [-0.05, 0) is 57.4 Å². The summed E-state index contributed by atoms with van der Waals surface area (Å²) in [4.78, 5) is 11.6. The molecule has 0 aliphatic carbocycles. The van der Waals surface area contributed by atoms with E-state index in [1.807, 2.05) is 25.1 Å². The van der Waals surface area contributed by atoms with E-state index in [4.69, 9.17) is 4.74 Å². The van der Waals surface area contributed by atoms with E-state index >= 15 is 0 Å². The normalized spacial score (nSPS) is 21.3. The quantitative estimate of drug-likeness (QED) is 0.892. The zero-order chi connectivity index (χ0) is 14.8. The molecular weight excluding hydrogens is 252 g/mol. The number of carbonyl (C=O) groups excluding carboxylic acids is 1. The molecule has 4 heteroatoms. The summed E-state index contributed by atoms with van der Waals surface area (Å²) in [7, 11) is 1.65. The Labute approximate surface area is 120 Å². The van der Waals surface area contributed by atoms with Gasteiger partial charge >= 0.3 is 0 Å². The number of ether oxygens (including phenoxy) is 1. The Morgan fingerprint density at radius 2 is 2.15 bits per heavy atom.